The summed E-state index contributed by atoms with van der Waals surface area (Å²) in [5.41, 5.74) is 0.0228. The molecule has 1 atom stereocenters. The van der Waals surface area contributed by atoms with Gasteiger partial charge in [-0.2, -0.15) is 0 Å². The van der Waals surface area contributed by atoms with E-state index >= 15 is 0 Å². The van der Waals surface area contributed by atoms with E-state index in [1.165, 1.54) is 21.7 Å². The van der Waals surface area contributed by atoms with Crippen molar-refractivity contribution in [2.75, 3.05) is 6.54 Å². The quantitative estimate of drug-likeness (QED) is 0.654. The number of hydrogen-bond acceptors (Lipinski definition) is 4. The average molecular weight is 295 g/mol. The molecule has 1 N–H and O–H groups in total. The minimum atomic E-state index is -1.04. The van der Waals surface area contributed by atoms with E-state index in [9.17, 15) is 19.7 Å². The zero-order chi connectivity index (χ0) is 15.6. The van der Waals surface area contributed by atoms with Crippen LogP contribution in [0.25, 0.3) is 0 Å². The number of nitro groups is 1. The molecule has 1 aliphatic rings. The maximum atomic E-state index is 12.5. The Morgan fingerprint density at radius 3 is 2.81 bits per heavy atom. The van der Waals surface area contributed by atoms with Crippen molar-refractivity contribution in [3.05, 3.63) is 28.1 Å². The van der Waals surface area contributed by atoms with Gasteiger partial charge in [-0.05, 0) is 19.3 Å². The first-order chi connectivity index (χ1) is 9.95. The van der Waals surface area contributed by atoms with E-state index in [2.05, 4.69) is 0 Å². The number of aliphatic carboxylic acids is 1. The second-order valence-electron chi connectivity index (χ2n) is 5.03. The molecule has 8 nitrogen and oxygen atoms in total. The molecule has 0 aliphatic carbocycles. The van der Waals surface area contributed by atoms with E-state index in [1.54, 1.807) is 0 Å². The summed E-state index contributed by atoms with van der Waals surface area (Å²) in [5.74, 6) is -1.50. The van der Waals surface area contributed by atoms with Gasteiger partial charge in [0.15, 0.2) is 0 Å². The molecule has 8 heteroatoms. The Labute approximate surface area is 121 Å². The average Bonchev–Trinajstić information content (AvgIpc) is 3.04. The number of hydrogen-bond donors (Lipinski definition) is 1. The molecular formula is C13H17N3O5. The molecule has 0 radical (unpaired) electrons. The first-order valence-corrected chi connectivity index (χ1v) is 6.84. The van der Waals surface area contributed by atoms with E-state index in [1.807, 2.05) is 6.92 Å². The van der Waals surface area contributed by atoms with E-state index in [4.69, 9.17) is 5.11 Å². The second kappa shape index (κ2) is 5.94. The van der Waals surface area contributed by atoms with Gasteiger partial charge in [0, 0.05) is 19.2 Å². The van der Waals surface area contributed by atoms with Crippen molar-refractivity contribution in [1.82, 2.24) is 9.47 Å². The third-order valence-electron chi connectivity index (χ3n) is 3.58. The van der Waals surface area contributed by atoms with Crippen molar-refractivity contribution in [2.24, 2.45) is 0 Å². The molecule has 1 fully saturated rings. The van der Waals surface area contributed by atoms with Crippen LogP contribution < -0.4 is 0 Å². The highest BCUT2D eigenvalue weighted by atomic mass is 16.6. The van der Waals surface area contributed by atoms with Gasteiger partial charge in [-0.25, -0.2) is 4.79 Å². The molecule has 1 amide bonds. The first-order valence-electron chi connectivity index (χ1n) is 6.84. The van der Waals surface area contributed by atoms with Gasteiger partial charge in [-0.1, -0.05) is 6.92 Å². The SMILES string of the molecule is CCCn1cc([N+](=O)[O-])cc1C(=O)N1CCC[C@@H]1C(=O)O. The fraction of sp³-hybridized carbons (Fsp3) is 0.538. The number of carboxylic acid groups (broad SMARTS) is 1. The first kappa shape index (κ1) is 15.0. The molecule has 0 saturated carbocycles. The maximum absolute atomic E-state index is 12.5. The van der Waals surface area contributed by atoms with Crippen LogP contribution in [0.1, 0.15) is 36.7 Å². The Hall–Kier alpha value is -2.38. The molecule has 1 aromatic rings. The minimum Gasteiger partial charge on any atom is -0.480 e. The normalized spacial score (nSPS) is 18.0. The lowest BCUT2D eigenvalue weighted by Gasteiger charge is -2.21. The number of aromatic nitrogens is 1. The van der Waals surface area contributed by atoms with Crippen molar-refractivity contribution in [3.8, 4) is 0 Å². The lowest BCUT2D eigenvalue weighted by Crippen LogP contribution is -2.41. The summed E-state index contributed by atoms with van der Waals surface area (Å²) in [5, 5.41) is 20.0. The summed E-state index contributed by atoms with van der Waals surface area (Å²) in [6.45, 7) is 2.73. The minimum absolute atomic E-state index is 0.155. The summed E-state index contributed by atoms with van der Waals surface area (Å²) >= 11 is 0. The van der Waals surface area contributed by atoms with Crippen LogP contribution in [0, 0.1) is 10.1 Å². The van der Waals surface area contributed by atoms with Gasteiger partial charge in [-0.3, -0.25) is 14.9 Å². The largest absolute Gasteiger partial charge is 0.480 e. The van der Waals surface area contributed by atoms with Crippen LogP contribution in [-0.2, 0) is 11.3 Å². The number of carbonyl (C=O) groups excluding carboxylic acids is 1. The molecule has 2 rings (SSSR count). The van der Waals surface area contributed by atoms with Gasteiger partial charge in [-0.15, -0.1) is 0 Å². The van der Waals surface area contributed by atoms with Gasteiger partial charge in [0.05, 0.1) is 11.1 Å². The lowest BCUT2D eigenvalue weighted by atomic mass is 10.2. The molecule has 114 valence electrons. The number of amides is 1. The van der Waals surface area contributed by atoms with Crippen LogP contribution in [0.2, 0.25) is 0 Å². The van der Waals surface area contributed by atoms with Crippen LogP contribution >= 0.6 is 0 Å². The zero-order valence-electron chi connectivity index (χ0n) is 11.7. The molecule has 1 aromatic heterocycles. The molecule has 0 aromatic carbocycles. The summed E-state index contributed by atoms with van der Waals surface area (Å²) in [6.07, 6.45) is 3.08. The molecule has 2 heterocycles. The van der Waals surface area contributed by atoms with Gasteiger partial charge in [0.1, 0.15) is 11.7 Å². The monoisotopic (exact) mass is 295 g/mol. The third kappa shape index (κ3) is 2.88. The topological polar surface area (TPSA) is 106 Å². The number of carbonyl (C=O) groups is 2. The Morgan fingerprint density at radius 1 is 1.52 bits per heavy atom. The van der Waals surface area contributed by atoms with E-state index in [0.29, 0.717) is 32.4 Å². The van der Waals surface area contributed by atoms with Gasteiger partial charge < -0.3 is 14.6 Å². The van der Waals surface area contributed by atoms with Crippen LogP contribution in [0.4, 0.5) is 5.69 Å². The van der Waals surface area contributed by atoms with Gasteiger partial charge >= 0.3 is 5.97 Å². The molecule has 0 bridgehead atoms. The van der Waals surface area contributed by atoms with Gasteiger partial charge in [0.2, 0.25) is 0 Å². The van der Waals surface area contributed by atoms with Crippen LogP contribution in [0.3, 0.4) is 0 Å². The predicted molar refractivity (Wildman–Crippen MR) is 73.1 cm³/mol. The highest BCUT2D eigenvalue weighted by Gasteiger charge is 2.36. The smallest absolute Gasteiger partial charge is 0.326 e. The Bertz CT molecular complexity index is 580. The molecule has 0 spiro atoms. The Kier molecular flexibility index (Phi) is 4.25. The molecule has 0 unspecified atom stereocenters. The summed E-state index contributed by atoms with van der Waals surface area (Å²) in [7, 11) is 0. The molecule has 21 heavy (non-hydrogen) atoms. The van der Waals surface area contributed by atoms with Gasteiger partial charge in [0.25, 0.3) is 11.6 Å². The van der Waals surface area contributed by atoms with E-state index in [0.717, 1.165) is 0 Å². The third-order valence-corrected chi connectivity index (χ3v) is 3.58. The van der Waals surface area contributed by atoms with Crippen molar-refractivity contribution >= 4 is 17.6 Å². The summed E-state index contributed by atoms with van der Waals surface area (Å²) < 4.78 is 1.53. The number of aryl methyl sites for hydroxylation is 1. The predicted octanol–water partition coefficient (Wildman–Crippen LogP) is 1.50. The fourth-order valence-corrected chi connectivity index (χ4v) is 2.61. The highest BCUT2D eigenvalue weighted by Crippen LogP contribution is 2.24. The Morgan fingerprint density at radius 2 is 2.24 bits per heavy atom. The molecule has 1 saturated heterocycles. The van der Waals surface area contributed by atoms with Crippen LogP contribution in [-0.4, -0.2) is 44.0 Å². The number of rotatable bonds is 5. The van der Waals surface area contributed by atoms with Crippen LogP contribution in [0.5, 0.6) is 0 Å². The standard InChI is InChI=1S/C13H17N3O5/c1-2-5-14-8-9(16(20)21)7-11(14)12(17)15-6-3-4-10(15)13(18)19/h7-8,10H,2-6H2,1H3,(H,18,19)/t10-/m1/s1. The maximum Gasteiger partial charge on any atom is 0.326 e. The number of likely N-dealkylation sites (tertiary alicyclic amines) is 1. The second-order valence-corrected chi connectivity index (χ2v) is 5.03. The molecular weight excluding hydrogens is 278 g/mol. The lowest BCUT2D eigenvalue weighted by molar-refractivity contribution is -0.384. The summed E-state index contributed by atoms with van der Waals surface area (Å²) in [6, 6.07) is 0.372. The number of carboxylic acids is 1. The zero-order valence-corrected chi connectivity index (χ0v) is 11.7. The molecule has 1 aliphatic heterocycles. The van der Waals surface area contributed by atoms with Crippen molar-refractivity contribution in [1.29, 1.82) is 0 Å². The van der Waals surface area contributed by atoms with Crippen molar-refractivity contribution in [2.45, 2.75) is 38.8 Å². The Balaban J connectivity index is 2.33. The van der Waals surface area contributed by atoms with E-state index < -0.39 is 22.8 Å². The van der Waals surface area contributed by atoms with Crippen molar-refractivity contribution < 1.29 is 19.6 Å². The van der Waals surface area contributed by atoms with Crippen molar-refractivity contribution in [3.63, 3.8) is 0 Å². The fourth-order valence-electron chi connectivity index (χ4n) is 2.61. The van der Waals surface area contributed by atoms with Crippen LogP contribution in [0.15, 0.2) is 12.3 Å². The van der Waals surface area contributed by atoms with E-state index in [-0.39, 0.29) is 11.4 Å². The number of nitrogens with zero attached hydrogens (tertiary/aromatic N) is 3. The summed E-state index contributed by atoms with van der Waals surface area (Å²) in [4.78, 5) is 35.3. The highest BCUT2D eigenvalue weighted by molar-refractivity contribution is 5.96.